The van der Waals surface area contributed by atoms with E-state index < -0.39 is 5.92 Å². The molecule has 1 aliphatic carbocycles. The summed E-state index contributed by atoms with van der Waals surface area (Å²) >= 11 is 0. The van der Waals surface area contributed by atoms with Crippen molar-refractivity contribution >= 4 is 5.71 Å². The van der Waals surface area contributed by atoms with Gasteiger partial charge in [0.1, 0.15) is 0 Å². The minimum atomic E-state index is -2.49. The van der Waals surface area contributed by atoms with Crippen molar-refractivity contribution in [3.8, 4) is 0 Å². The third-order valence-corrected chi connectivity index (χ3v) is 2.47. The first kappa shape index (κ1) is 9.42. The minimum Gasteiger partial charge on any atom is -0.411 e. The van der Waals surface area contributed by atoms with Gasteiger partial charge in [-0.1, -0.05) is 5.16 Å². The van der Waals surface area contributed by atoms with E-state index >= 15 is 0 Å². The Hall–Kier alpha value is -0.670. The van der Waals surface area contributed by atoms with E-state index in [1.165, 1.54) is 0 Å². The smallest absolute Gasteiger partial charge is 0.248 e. The topological polar surface area (TPSA) is 32.6 Å². The molecule has 0 atom stereocenters. The summed E-state index contributed by atoms with van der Waals surface area (Å²) in [5, 5.41) is 11.4. The molecule has 1 fully saturated rings. The summed E-state index contributed by atoms with van der Waals surface area (Å²) in [6, 6.07) is 0. The molecule has 0 saturated heterocycles. The van der Waals surface area contributed by atoms with E-state index in [0.29, 0.717) is 18.6 Å². The number of alkyl halides is 2. The first-order valence-corrected chi connectivity index (χ1v) is 4.11. The van der Waals surface area contributed by atoms with Gasteiger partial charge in [-0.25, -0.2) is 8.78 Å². The van der Waals surface area contributed by atoms with Crippen molar-refractivity contribution < 1.29 is 14.0 Å². The number of rotatable bonds is 1. The van der Waals surface area contributed by atoms with Crippen LogP contribution in [0.15, 0.2) is 5.16 Å². The van der Waals surface area contributed by atoms with E-state index in [-0.39, 0.29) is 18.8 Å². The Morgan fingerprint density at radius 2 is 1.92 bits per heavy atom. The third kappa shape index (κ3) is 2.16. The van der Waals surface area contributed by atoms with Crippen molar-refractivity contribution in [3.63, 3.8) is 0 Å². The SMILES string of the molecule is C/C(=N\O)C1CCC(F)(F)CC1. The molecule has 0 aromatic heterocycles. The lowest BCUT2D eigenvalue weighted by molar-refractivity contribution is -0.0396. The molecular weight excluding hydrogens is 164 g/mol. The zero-order chi connectivity index (χ0) is 9.19. The Morgan fingerprint density at radius 3 is 2.33 bits per heavy atom. The maximum atomic E-state index is 12.6. The lowest BCUT2D eigenvalue weighted by Gasteiger charge is -2.27. The Balaban J connectivity index is 2.47. The Bertz CT molecular complexity index is 181. The number of hydrogen-bond acceptors (Lipinski definition) is 2. The third-order valence-electron chi connectivity index (χ3n) is 2.47. The molecule has 0 spiro atoms. The fourth-order valence-corrected chi connectivity index (χ4v) is 1.54. The summed E-state index contributed by atoms with van der Waals surface area (Å²) < 4.78 is 25.3. The fourth-order valence-electron chi connectivity index (χ4n) is 1.54. The standard InChI is InChI=1S/C8H13F2NO/c1-6(11-12)7-2-4-8(9,10)5-3-7/h7,12H,2-5H2,1H3/b11-6+. The second kappa shape index (κ2) is 3.37. The highest BCUT2D eigenvalue weighted by Crippen LogP contribution is 2.36. The molecule has 0 aromatic carbocycles. The van der Waals surface area contributed by atoms with E-state index in [1.54, 1.807) is 6.92 Å². The molecule has 1 saturated carbocycles. The molecule has 0 bridgehead atoms. The van der Waals surface area contributed by atoms with Crippen LogP contribution in [0.5, 0.6) is 0 Å². The van der Waals surface area contributed by atoms with Crippen LogP contribution in [-0.4, -0.2) is 16.8 Å². The van der Waals surface area contributed by atoms with Gasteiger partial charge in [0.15, 0.2) is 0 Å². The van der Waals surface area contributed by atoms with Crippen LogP contribution in [0.25, 0.3) is 0 Å². The number of nitrogens with zero attached hydrogens (tertiary/aromatic N) is 1. The van der Waals surface area contributed by atoms with Gasteiger partial charge in [-0.2, -0.15) is 0 Å². The van der Waals surface area contributed by atoms with Crippen molar-refractivity contribution in [1.29, 1.82) is 0 Å². The molecule has 12 heavy (non-hydrogen) atoms. The molecule has 0 aromatic rings. The Kier molecular flexibility index (Phi) is 2.65. The van der Waals surface area contributed by atoms with Crippen LogP contribution in [-0.2, 0) is 0 Å². The van der Waals surface area contributed by atoms with Gasteiger partial charge in [-0.3, -0.25) is 0 Å². The molecule has 2 nitrogen and oxygen atoms in total. The predicted molar refractivity (Wildman–Crippen MR) is 41.8 cm³/mol. The Morgan fingerprint density at radius 1 is 1.42 bits per heavy atom. The van der Waals surface area contributed by atoms with Crippen LogP contribution in [0.2, 0.25) is 0 Å². The molecule has 4 heteroatoms. The van der Waals surface area contributed by atoms with E-state index in [2.05, 4.69) is 5.16 Å². The summed E-state index contributed by atoms with van der Waals surface area (Å²) in [6.07, 6.45) is 0.709. The van der Waals surface area contributed by atoms with Crippen LogP contribution < -0.4 is 0 Å². The zero-order valence-electron chi connectivity index (χ0n) is 7.06. The van der Waals surface area contributed by atoms with Crippen molar-refractivity contribution in [3.05, 3.63) is 0 Å². The summed E-state index contributed by atoms with van der Waals surface area (Å²) in [6.45, 7) is 1.67. The summed E-state index contributed by atoms with van der Waals surface area (Å²) in [7, 11) is 0. The summed E-state index contributed by atoms with van der Waals surface area (Å²) in [4.78, 5) is 0. The minimum absolute atomic E-state index is 0.0506. The quantitative estimate of drug-likeness (QED) is 0.373. The number of halogens is 2. The van der Waals surface area contributed by atoms with Gasteiger partial charge in [-0.15, -0.1) is 0 Å². The summed E-state index contributed by atoms with van der Waals surface area (Å²) in [5.74, 6) is -2.44. The number of oxime groups is 1. The van der Waals surface area contributed by atoms with Gasteiger partial charge in [-0.05, 0) is 19.8 Å². The molecule has 1 N–H and O–H groups in total. The molecule has 1 rings (SSSR count). The van der Waals surface area contributed by atoms with Crippen molar-refractivity contribution in [2.75, 3.05) is 0 Å². The Labute approximate surface area is 70.3 Å². The highest BCUT2D eigenvalue weighted by Gasteiger charge is 2.35. The first-order chi connectivity index (χ1) is 5.55. The molecule has 0 amide bonds. The van der Waals surface area contributed by atoms with Gasteiger partial charge in [0, 0.05) is 18.8 Å². The molecule has 1 aliphatic rings. The second-order valence-corrected chi connectivity index (χ2v) is 3.37. The molecule has 0 aliphatic heterocycles. The van der Waals surface area contributed by atoms with Gasteiger partial charge in [0.25, 0.3) is 0 Å². The highest BCUT2D eigenvalue weighted by atomic mass is 19.3. The van der Waals surface area contributed by atoms with Crippen LogP contribution in [0.1, 0.15) is 32.6 Å². The van der Waals surface area contributed by atoms with Gasteiger partial charge in [0.2, 0.25) is 5.92 Å². The molecule has 0 unspecified atom stereocenters. The maximum absolute atomic E-state index is 12.6. The van der Waals surface area contributed by atoms with Crippen LogP contribution in [0.3, 0.4) is 0 Å². The van der Waals surface area contributed by atoms with Crippen LogP contribution in [0, 0.1) is 5.92 Å². The zero-order valence-corrected chi connectivity index (χ0v) is 7.06. The van der Waals surface area contributed by atoms with Gasteiger partial charge in [0.05, 0.1) is 5.71 Å². The molecule has 0 heterocycles. The van der Waals surface area contributed by atoms with E-state index in [1.807, 2.05) is 0 Å². The average molecular weight is 177 g/mol. The normalized spacial score (nSPS) is 25.8. The first-order valence-electron chi connectivity index (χ1n) is 4.11. The predicted octanol–water partition coefficient (Wildman–Crippen LogP) is 2.66. The average Bonchev–Trinajstić information content (AvgIpc) is 2.03. The van der Waals surface area contributed by atoms with Crippen molar-refractivity contribution in [2.45, 2.75) is 38.5 Å². The monoisotopic (exact) mass is 177 g/mol. The van der Waals surface area contributed by atoms with Crippen molar-refractivity contribution in [2.24, 2.45) is 11.1 Å². The van der Waals surface area contributed by atoms with Crippen LogP contribution >= 0.6 is 0 Å². The molecule has 0 radical (unpaired) electrons. The lowest BCUT2D eigenvalue weighted by atomic mass is 9.84. The van der Waals surface area contributed by atoms with E-state index in [4.69, 9.17) is 5.21 Å². The fraction of sp³-hybridized carbons (Fsp3) is 0.875. The lowest BCUT2D eigenvalue weighted by Crippen LogP contribution is -2.27. The van der Waals surface area contributed by atoms with Gasteiger partial charge < -0.3 is 5.21 Å². The highest BCUT2D eigenvalue weighted by molar-refractivity contribution is 5.83. The second-order valence-electron chi connectivity index (χ2n) is 3.37. The van der Waals surface area contributed by atoms with Crippen molar-refractivity contribution in [1.82, 2.24) is 0 Å². The van der Waals surface area contributed by atoms with E-state index in [9.17, 15) is 8.78 Å². The molecule has 70 valence electrons. The summed E-state index contributed by atoms with van der Waals surface area (Å²) in [5.41, 5.74) is 0.575. The van der Waals surface area contributed by atoms with Crippen LogP contribution in [0.4, 0.5) is 8.78 Å². The number of hydrogen-bond donors (Lipinski definition) is 1. The van der Waals surface area contributed by atoms with Gasteiger partial charge >= 0.3 is 0 Å². The largest absolute Gasteiger partial charge is 0.411 e. The van der Waals surface area contributed by atoms with E-state index in [0.717, 1.165) is 0 Å². The molecular formula is C8H13F2NO. The maximum Gasteiger partial charge on any atom is 0.248 e.